The van der Waals surface area contributed by atoms with Gasteiger partial charge in [0.15, 0.2) is 0 Å². The van der Waals surface area contributed by atoms with Gasteiger partial charge in [0.25, 0.3) is 0 Å². The van der Waals surface area contributed by atoms with Crippen LogP contribution in [0.1, 0.15) is 25.7 Å². The zero-order chi connectivity index (χ0) is 10.5. The van der Waals surface area contributed by atoms with Crippen molar-refractivity contribution in [2.45, 2.75) is 31.8 Å². The molecule has 2 fully saturated rings. The van der Waals surface area contributed by atoms with Crippen LogP contribution in [0.3, 0.4) is 0 Å². The Morgan fingerprint density at radius 3 is 2.73 bits per heavy atom. The zero-order valence-corrected chi connectivity index (χ0v) is 10.0. The Morgan fingerprint density at radius 2 is 2.07 bits per heavy atom. The number of nitrogens with zero attached hydrogens (tertiary/aromatic N) is 1. The lowest BCUT2D eigenvalue weighted by molar-refractivity contribution is -0.00160. The van der Waals surface area contributed by atoms with Gasteiger partial charge in [-0.3, -0.25) is 0 Å². The second-order valence-corrected chi connectivity index (χ2v) is 5.13. The summed E-state index contributed by atoms with van der Waals surface area (Å²) < 4.78 is 7.81. The third-order valence-electron chi connectivity index (χ3n) is 3.35. The van der Waals surface area contributed by atoms with E-state index < -0.39 is 0 Å². The van der Waals surface area contributed by atoms with Gasteiger partial charge in [-0.1, -0.05) is 0 Å². The summed E-state index contributed by atoms with van der Waals surface area (Å²) in [7, 11) is 0. The van der Waals surface area contributed by atoms with Crippen LogP contribution in [0, 0.1) is 5.92 Å². The van der Waals surface area contributed by atoms with Crippen molar-refractivity contribution in [3.63, 3.8) is 0 Å². The molecule has 0 amide bonds. The molecule has 88 valence electrons. The highest BCUT2D eigenvalue weighted by Crippen LogP contribution is 2.17. The standard InChI is InChI=1S/C11H21ClN2O/c12-14-6-3-11(4-7-14)15-9-10-2-1-5-13-8-10/h10-11,13H,1-9H2. The van der Waals surface area contributed by atoms with E-state index in [4.69, 9.17) is 16.5 Å². The lowest BCUT2D eigenvalue weighted by Gasteiger charge is -2.29. The minimum absolute atomic E-state index is 0.446. The smallest absolute Gasteiger partial charge is 0.0600 e. The van der Waals surface area contributed by atoms with Crippen LogP contribution in [0.2, 0.25) is 0 Å². The number of halogens is 1. The summed E-state index contributed by atoms with van der Waals surface area (Å²) in [5, 5.41) is 3.42. The van der Waals surface area contributed by atoms with Crippen molar-refractivity contribution in [3.05, 3.63) is 0 Å². The number of hydrogen-bond donors (Lipinski definition) is 1. The van der Waals surface area contributed by atoms with Crippen molar-refractivity contribution in [1.82, 2.24) is 9.74 Å². The summed E-state index contributed by atoms with van der Waals surface area (Å²) in [6.07, 6.45) is 5.24. The Bertz CT molecular complexity index is 177. The summed E-state index contributed by atoms with van der Waals surface area (Å²) in [6, 6.07) is 0. The third kappa shape index (κ3) is 3.91. The van der Waals surface area contributed by atoms with E-state index in [0.717, 1.165) is 45.0 Å². The fourth-order valence-corrected chi connectivity index (χ4v) is 2.52. The SMILES string of the molecule is ClN1CCC(OCC2CCCNC2)CC1. The highest BCUT2D eigenvalue weighted by Gasteiger charge is 2.20. The van der Waals surface area contributed by atoms with Crippen LogP contribution in [0.25, 0.3) is 0 Å². The van der Waals surface area contributed by atoms with Crippen molar-refractivity contribution in [2.24, 2.45) is 5.92 Å². The second kappa shape index (κ2) is 6.04. The maximum atomic E-state index is 5.95. The molecule has 1 atom stereocenters. The van der Waals surface area contributed by atoms with Crippen molar-refractivity contribution in [1.29, 1.82) is 0 Å². The molecular formula is C11H21ClN2O. The van der Waals surface area contributed by atoms with Crippen LogP contribution in [0.15, 0.2) is 0 Å². The van der Waals surface area contributed by atoms with E-state index in [-0.39, 0.29) is 0 Å². The molecule has 0 bridgehead atoms. The first-order chi connectivity index (χ1) is 7.34. The molecular weight excluding hydrogens is 212 g/mol. The van der Waals surface area contributed by atoms with E-state index in [2.05, 4.69) is 5.32 Å². The van der Waals surface area contributed by atoms with Crippen LogP contribution in [-0.4, -0.2) is 43.3 Å². The summed E-state index contributed by atoms with van der Waals surface area (Å²) in [5.41, 5.74) is 0. The highest BCUT2D eigenvalue weighted by molar-refractivity contribution is 6.13. The molecule has 0 saturated carbocycles. The fraction of sp³-hybridized carbons (Fsp3) is 1.00. The molecule has 1 unspecified atom stereocenters. The number of hydrogen-bond acceptors (Lipinski definition) is 3. The molecule has 2 heterocycles. The Labute approximate surface area is 97.2 Å². The van der Waals surface area contributed by atoms with Crippen LogP contribution in [-0.2, 0) is 4.74 Å². The molecule has 2 rings (SSSR count). The van der Waals surface area contributed by atoms with Crippen LogP contribution in [0.5, 0.6) is 0 Å². The summed E-state index contributed by atoms with van der Waals surface area (Å²) in [6.45, 7) is 5.18. The average molecular weight is 233 g/mol. The molecule has 2 aliphatic heterocycles. The van der Waals surface area contributed by atoms with E-state index in [0.29, 0.717) is 6.10 Å². The molecule has 2 aliphatic rings. The summed E-state index contributed by atoms with van der Waals surface area (Å²) in [5.74, 6) is 0.729. The predicted molar refractivity (Wildman–Crippen MR) is 62.0 cm³/mol. The molecule has 0 aromatic rings. The predicted octanol–water partition coefficient (Wildman–Crippen LogP) is 1.62. The molecule has 1 N–H and O–H groups in total. The van der Waals surface area contributed by atoms with Gasteiger partial charge in [-0.05, 0) is 49.9 Å². The molecule has 2 saturated heterocycles. The topological polar surface area (TPSA) is 24.5 Å². The minimum atomic E-state index is 0.446. The van der Waals surface area contributed by atoms with Crippen LogP contribution < -0.4 is 5.32 Å². The van der Waals surface area contributed by atoms with Gasteiger partial charge in [0.05, 0.1) is 12.7 Å². The number of piperidine rings is 2. The fourth-order valence-electron chi connectivity index (χ4n) is 2.33. The van der Waals surface area contributed by atoms with Gasteiger partial charge in [-0.15, -0.1) is 0 Å². The molecule has 0 aromatic heterocycles. The van der Waals surface area contributed by atoms with Crippen LogP contribution in [0.4, 0.5) is 0 Å². The van der Waals surface area contributed by atoms with Crippen LogP contribution >= 0.6 is 11.8 Å². The van der Waals surface area contributed by atoms with Crippen molar-refractivity contribution < 1.29 is 4.74 Å². The van der Waals surface area contributed by atoms with E-state index in [9.17, 15) is 0 Å². The Kier molecular flexibility index (Phi) is 4.69. The Hall–Kier alpha value is 0.170. The number of nitrogens with one attached hydrogen (secondary N) is 1. The molecule has 4 heteroatoms. The molecule has 15 heavy (non-hydrogen) atoms. The summed E-state index contributed by atoms with van der Waals surface area (Å²) in [4.78, 5) is 0. The lowest BCUT2D eigenvalue weighted by Crippen LogP contribution is -2.36. The first kappa shape index (κ1) is 11.6. The number of rotatable bonds is 3. The maximum absolute atomic E-state index is 5.95. The zero-order valence-electron chi connectivity index (χ0n) is 9.25. The highest BCUT2D eigenvalue weighted by atomic mass is 35.5. The van der Waals surface area contributed by atoms with Gasteiger partial charge in [0.1, 0.15) is 0 Å². The van der Waals surface area contributed by atoms with E-state index in [1.807, 2.05) is 4.42 Å². The van der Waals surface area contributed by atoms with E-state index in [1.165, 1.54) is 19.4 Å². The molecule has 0 aliphatic carbocycles. The lowest BCUT2D eigenvalue weighted by atomic mass is 10.0. The largest absolute Gasteiger partial charge is 0.378 e. The first-order valence-electron chi connectivity index (χ1n) is 6.07. The molecule has 0 radical (unpaired) electrons. The van der Waals surface area contributed by atoms with Gasteiger partial charge < -0.3 is 10.1 Å². The monoisotopic (exact) mass is 232 g/mol. The second-order valence-electron chi connectivity index (χ2n) is 4.65. The van der Waals surface area contributed by atoms with E-state index in [1.54, 1.807) is 0 Å². The first-order valence-corrected chi connectivity index (χ1v) is 6.41. The van der Waals surface area contributed by atoms with Gasteiger partial charge in [-0.2, -0.15) is 0 Å². The minimum Gasteiger partial charge on any atom is -0.378 e. The molecule has 0 spiro atoms. The molecule has 0 aromatic carbocycles. The maximum Gasteiger partial charge on any atom is 0.0600 e. The average Bonchev–Trinajstić information content (AvgIpc) is 2.30. The summed E-state index contributed by atoms with van der Waals surface area (Å²) >= 11 is 5.90. The van der Waals surface area contributed by atoms with Crippen molar-refractivity contribution >= 4 is 11.8 Å². The van der Waals surface area contributed by atoms with Gasteiger partial charge in [-0.25, -0.2) is 4.42 Å². The van der Waals surface area contributed by atoms with Gasteiger partial charge in [0, 0.05) is 19.6 Å². The quantitative estimate of drug-likeness (QED) is 0.749. The number of ether oxygens (including phenoxy) is 1. The van der Waals surface area contributed by atoms with E-state index >= 15 is 0 Å². The Balaban J connectivity index is 1.60. The van der Waals surface area contributed by atoms with Crippen molar-refractivity contribution in [3.8, 4) is 0 Å². The van der Waals surface area contributed by atoms with Gasteiger partial charge >= 0.3 is 0 Å². The molecule has 3 nitrogen and oxygen atoms in total. The van der Waals surface area contributed by atoms with Gasteiger partial charge in [0.2, 0.25) is 0 Å². The Morgan fingerprint density at radius 1 is 1.27 bits per heavy atom. The van der Waals surface area contributed by atoms with Crippen molar-refractivity contribution in [2.75, 3.05) is 32.8 Å². The normalized spacial score (nSPS) is 30.6. The third-order valence-corrected chi connectivity index (χ3v) is 3.69.